The number of rotatable bonds is 5. The third kappa shape index (κ3) is 3.28. The van der Waals surface area contributed by atoms with Crippen molar-refractivity contribution in [1.82, 2.24) is 10.4 Å². The molecule has 0 radical (unpaired) electrons. The summed E-state index contributed by atoms with van der Waals surface area (Å²) in [6, 6.07) is 8.56. The van der Waals surface area contributed by atoms with E-state index in [2.05, 4.69) is 5.43 Å². The van der Waals surface area contributed by atoms with Crippen molar-refractivity contribution < 1.29 is 18.0 Å². The lowest BCUT2D eigenvalue weighted by molar-refractivity contribution is -0.168. The zero-order chi connectivity index (χ0) is 20.0. The smallest absolute Gasteiger partial charge is 0.368 e. The summed E-state index contributed by atoms with van der Waals surface area (Å²) in [4.78, 5) is 12.6. The van der Waals surface area contributed by atoms with E-state index in [1.54, 1.807) is 38.1 Å². The highest BCUT2D eigenvalue weighted by Crippen LogP contribution is 2.52. The van der Waals surface area contributed by atoms with Gasteiger partial charge in [0.2, 0.25) is 5.91 Å². The second-order valence-corrected chi connectivity index (χ2v) is 7.35. The molecule has 1 saturated carbocycles. The van der Waals surface area contributed by atoms with Gasteiger partial charge in [0.1, 0.15) is 12.1 Å². The van der Waals surface area contributed by atoms with Crippen molar-refractivity contribution in [3.05, 3.63) is 41.0 Å². The third-order valence-corrected chi connectivity index (χ3v) is 5.19. The van der Waals surface area contributed by atoms with Crippen molar-refractivity contribution in [2.24, 2.45) is 17.6 Å². The highest BCUT2D eigenvalue weighted by molar-refractivity contribution is 5.94. The number of benzene rings is 1. The first-order chi connectivity index (χ1) is 12.6. The molecule has 0 spiro atoms. The van der Waals surface area contributed by atoms with Crippen LogP contribution in [0.4, 0.5) is 13.2 Å². The second kappa shape index (κ2) is 6.57. The van der Waals surface area contributed by atoms with Gasteiger partial charge in [0.25, 0.3) is 0 Å². The number of primary amides is 1. The lowest BCUT2D eigenvalue weighted by Gasteiger charge is -2.41. The summed E-state index contributed by atoms with van der Waals surface area (Å²) in [6.45, 7) is 2.12. The lowest BCUT2D eigenvalue weighted by Crippen LogP contribution is -2.63. The molecule has 1 fully saturated rings. The number of nitrogens with one attached hydrogen (secondary N) is 1. The van der Waals surface area contributed by atoms with Gasteiger partial charge in [-0.1, -0.05) is 26.0 Å². The van der Waals surface area contributed by atoms with Crippen molar-refractivity contribution in [2.45, 2.75) is 38.4 Å². The van der Waals surface area contributed by atoms with Crippen LogP contribution in [0.2, 0.25) is 0 Å². The molecule has 144 valence electrons. The lowest BCUT2D eigenvalue weighted by atomic mass is 9.75. The average molecular weight is 378 g/mol. The first-order valence-electron chi connectivity index (χ1n) is 8.77. The summed E-state index contributed by atoms with van der Waals surface area (Å²) in [5.74, 6) is -1.24. The number of nitriles is 1. The molecule has 2 aliphatic rings. The molecule has 5 nitrogen and oxygen atoms in total. The van der Waals surface area contributed by atoms with Gasteiger partial charge in [-0.2, -0.15) is 23.4 Å². The first kappa shape index (κ1) is 19.2. The van der Waals surface area contributed by atoms with Crippen LogP contribution in [0.3, 0.4) is 0 Å². The predicted octanol–water partition coefficient (Wildman–Crippen LogP) is 2.94. The molecular formula is C19H21F3N4O. The number of halogens is 3. The largest absolute Gasteiger partial charge is 0.403 e. The maximum Gasteiger partial charge on any atom is 0.403 e. The summed E-state index contributed by atoms with van der Waals surface area (Å²) >= 11 is 0. The van der Waals surface area contributed by atoms with Gasteiger partial charge in [0, 0.05) is 0 Å². The van der Waals surface area contributed by atoms with Gasteiger partial charge in [0.15, 0.2) is 0 Å². The Kier molecular flexibility index (Phi) is 4.68. The van der Waals surface area contributed by atoms with E-state index in [9.17, 15) is 18.0 Å². The topological polar surface area (TPSA) is 82.1 Å². The van der Waals surface area contributed by atoms with E-state index >= 15 is 0 Å². The molecule has 8 heteroatoms. The Morgan fingerprint density at radius 3 is 2.37 bits per heavy atom. The number of carbonyl (C=O) groups is 1. The molecule has 3 rings (SSSR count). The fourth-order valence-electron chi connectivity index (χ4n) is 3.95. The molecule has 1 amide bonds. The molecule has 1 aliphatic carbocycles. The molecule has 1 unspecified atom stereocenters. The normalized spacial score (nSPS) is 23.4. The number of nitrogens with two attached hydrogens (primary N) is 1. The molecule has 3 N–H and O–H groups in total. The Balaban J connectivity index is 2.18. The molecule has 0 saturated heterocycles. The standard InChI is InChI=1S/C19H21F3N4O/c1-11(2)19(17(24)27)15(13-7-8-13)16(25-26(19)10-18(20,21)22)14-5-3-12(9-23)4-6-14/h3-6,11,13,25H,7-8,10H2,1-2H3,(H2,24,27). The van der Waals surface area contributed by atoms with E-state index in [4.69, 9.17) is 11.0 Å². The zero-order valence-corrected chi connectivity index (χ0v) is 15.1. The van der Waals surface area contributed by atoms with E-state index in [1.165, 1.54) is 0 Å². The predicted molar refractivity (Wildman–Crippen MR) is 93.5 cm³/mol. The SMILES string of the molecule is CC(C)C1(C(N)=O)C(C2CC2)=C(c2ccc(C#N)cc2)NN1CC(F)(F)F. The van der Waals surface area contributed by atoms with Crippen molar-refractivity contribution in [3.63, 3.8) is 0 Å². The summed E-state index contributed by atoms with van der Waals surface area (Å²) in [7, 11) is 0. The second-order valence-electron chi connectivity index (χ2n) is 7.35. The Morgan fingerprint density at radius 1 is 1.37 bits per heavy atom. The number of hydrogen-bond donors (Lipinski definition) is 2. The maximum atomic E-state index is 13.3. The number of hydrazine groups is 1. The van der Waals surface area contributed by atoms with E-state index < -0.39 is 30.1 Å². The zero-order valence-electron chi connectivity index (χ0n) is 15.1. The van der Waals surface area contributed by atoms with Crippen LogP contribution in [0.15, 0.2) is 29.8 Å². The molecule has 1 aromatic carbocycles. The Hall–Kier alpha value is -2.53. The van der Waals surface area contributed by atoms with Crippen LogP contribution in [0, 0.1) is 23.2 Å². The van der Waals surface area contributed by atoms with Crippen LogP contribution in [0.25, 0.3) is 5.70 Å². The quantitative estimate of drug-likeness (QED) is 0.825. The maximum absolute atomic E-state index is 13.3. The van der Waals surface area contributed by atoms with Crippen LogP contribution >= 0.6 is 0 Å². The van der Waals surface area contributed by atoms with Gasteiger partial charge in [-0.15, -0.1) is 0 Å². The monoisotopic (exact) mass is 378 g/mol. The van der Waals surface area contributed by atoms with E-state index in [-0.39, 0.29) is 5.92 Å². The van der Waals surface area contributed by atoms with Crippen molar-refractivity contribution in [1.29, 1.82) is 5.26 Å². The third-order valence-electron chi connectivity index (χ3n) is 5.19. The summed E-state index contributed by atoms with van der Waals surface area (Å²) in [5, 5.41) is 9.92. The van der Waals surface area contributed by atoms with Crippen LogP contribution in [-0.4, -0.2) is 29.2 Å². The van der Waals surface area contributed by atoms with Crippen molar-refractivity contribution in [3.8, 4) is 6.07 Å². The Labute approximate surface area is 155 Å². The minimum absolute atomic E-state index is 0.0104. The molecule has 0 bridgehead atoms. The highest BCUT2D eigenvalue weighted by Gasteiger charge is 2.59. The van der Waals surface area contributed by atoms with Crippen LogP contribution < -0.4 is 11.2 Å². The summed E-state index contributed by atoms with van der Waals surface area (Å²) < 4.78 is 39.8. The molecular weight excluding hydrogens is 357 g/mol. The molecule has 0 aromatic heterocycles. The van der Waals surface area contributed by atoms with Gasteiger partial charge < -0.3 is 11.2 Å². The highest BCUT2D eigenvalue weighted by atomic mass is 19.4. The molecule has 1 aromatic rings. The molecule has 1 atom stereocenters. The van der Waals surface area contributed by atoms with E-state index in [0.29, 0.717) is 22.4 Å². The number of hydrogen-bond acceptors (Lipinski definition) is 4. The average Bonchev–Trinajstić information content (AvgIpc) is 3.35. The minimum Gasteiger partial charge on any atom is -0.368 e. The van der Waals surface area contributed by atoms with Gasteiger partial charge in [-0.05, 0) is 47.9 Å². The van der Waals surface area contributed by atoms with E-state index in [0.717, 1.165) is 17.9 Å². The van der Waals surface area contributed by atoms with Gasteiger partial charge >= 0.3 is 6.18 Å². The van der Waals surface area contributed by atoms with Crippen LogP contribution in [0.5, 0.6) is 0 Å². The summed E-state index contributed by atoms with van der Waals surface area (Å²) in [6.07, 6.45) is -2.89. The number of nitrogens with zero attached hydrogens (tertiary/aromatic N) is 2. The molecule has 1 heterocycles. The number of alkyl halides is 3. The summed E-state index contributed by atoms with van der Waals surface area (Å²) in [5.41, 5.74) is 9.19. The number of carbonyl (C=O) groups excluding carboxylic acids is 1. The Bertz CT molecular complexity index is 819. The van der Waals surface area contributed by atoms with Crippen molar-refractivity contribution >= 4 is 11.6 Å². The molecule has 27 heavy (non-hydrogen) atoms. The van der Waals surface area contributed by atoms with Crippen LogP contribution in [0.1, 0.15) is 37.8 Å². The van der Waals surface area contributed by atoms with Gasteiger partial charge in [-0.3, -0.25) is 4.79 Å². The van der Waals surface area contributed by atoms with Gasteiger partial charge in [0.05, 0.1) is 17.3 Å². The fraction of sp³-hybridized carbons (Fsp3) is 0.474. The van der Waals surface area contributed by atoms with Gasteiger partial charge in [-0.25, -0.2) is 0 Å². The van der Waals surface area contributed by atoms with Crippen LogP contribution in [-0.2, 0) is 4.79 Å². The van der Waals surface area contributed by atoms with Crippen molar-refractivity contribution in [2.75, 3.05) is 6.54 Å². The first-order valence-corrected chi connectivity index (χ1v) is 8.77. The minimum atomic E-state index is -4.50. The molecule has 1 aliphatic heterocycles. The Morgan fingerprint density at radius 2 is 1.96 bits per heavy atom. The fourth-order valence-corrected chi connectivity index (χ4v) is 3.95. The van der Waals surface area contributed by atoms with E-state index in [1.807, 2.05) is 6.07 Å². The number of amides is 1.